The summed E-state index contributed by atoms with van der Waals surface area (Å²) < 4.78 is 5.44. The average Bonchev–Trinajstić information content (AvgIpc) is 2.53. The number of benzene rings is 1. The third-order valence-corrected chi connectivity index (χ3v) is 4.68. The van der Waals surface area contributed by atoms with Gasteiger partial charge in [0.2, 0.25) is 0 Å². The Morgan fingerprint density at radius 1 is 1.36 bits per heavy atom. The number of carbonyl (C=O) groups is 1. The second kappa shape index (κ2) is 6.44. The van der Waals surface area contributed by atoms with Crippen molar-refractivity contribution in [3.63, 3.8) is 0 Å². The van der Waals surface area contributed by atoms with Crippen LogP contribution in [0.3, 0.4) is 0 Å². The Hall–Kier alpha value is -1.30. The number of hydrogen-bond donors (Lipinski definition) is 0. The molecule has 0 unspecified atom stereocenters. The predicted molar refractivity (Wildman–Crippen MR) is 91.6 cm³/mol. The van der Waals surface area contributed by atoms with E-state index < -0.39 is 0 Å². The predicted octanol–water partition coefficient (Wildman–Crippen LogP) is 3.65. The first-order valence-corrected chi connectivity index (χ1v) is 8.73. The van der Waals surface area contributed by atoms with Crippen LogP contribution in [0.1, 0.15) is 17.3 Å². The lowest BCUT2D eigenvalue weighted by molar-refractivity contribution is 0.101. The molecule has 22 heavy (non-hydrogen) atoms. The fraction of sp³-hybridized carbons (Fsp3) is 0.375. The molecule has 0 atom stereocenters. The lowest BCUT2D eigenvalue weighted by atomic mass is 10.0. The van der Waals surface area contributed by atoms with Crippen molar-refractivity contribution in [1.29, 1.82) is 0 Å². The van der Waals surface area contributed by atoms with E-state index in [-0.39, 0.29) is 5.78 Å². The average molecular weight is 337 g/mol. The van der Waals surface area contributed by atoms with Crippen LogP contribution >= 0.6 is 23.4 Å². The first kappa shape index (κ1) is 15.6. The van der Waals surface area contributed by atoms with Crippen LogP contribution in [0.5, 0.6) is 0 Å². The number of anilines is 1. The van der Waals surface area contributed by atoms with Gasteiger partial charge in [-0.05, 0) is 31.4 Å². The number of halogens is 1. The van der Waals surface area contributed by atoms with Gasteiger partial charge in [-0.2, -0.15) is 0 Å². The second-order valence-corrected chi connectivity index (χ2v) is 6.39. The molecule has 0 aliphatic carbocycles. The van der Waals surface area contributed by atoms with Crippen LogP contribution in [-0.4, -0.2) is 43.3 Å². The Labute approximate surface area is 138 Å². The molecule has 0 saturated carbocycles. The molecule has 4 nitrogen and oxygen atoms in total. The maximum absolute atomic E-state index is 12.3. The van der Waals surface area contributed by atoms with E-state index in [1.807, 2.05) is 24.5 Å². The molecule has 3 rings (SSSR count). The zero-order valence-corrected chi connectivity index (χ0v) is 14.1. The van der Waals surface area contributed by atoms with Crippen molar-refractivity contribution in [2.45, 2.75) is 11.9 Å². The molecule has 1 saturated heterocycles. The largest absolute Gasteiger partial charge is 0.378 e. The monoisotopic (exact) mass is 336 g/mol. The number of nitrogens with zero attached hydrogens (tertiary/aromatic N) is 2. The summed E-state index contributed by atoms with van der Waals surface area (Å²) in [5.74, 6) is 0.0280. The lowest BCUT2D eigenvalue weighted by Gasteiger charge is -2.31. The molecular formula is C16H17ClN2O2S. The van der Waals surface area contributed by atoms with E-state index in [0.29, 0.717) is 23.8 Å². The highest BCUT2D eigenvalue weighted by molar-refractivity contribution is 7.98. The van der Waals surface area contributed by atoms with Crippen molar-refractivity contribution >= 4 is 45.7 Å². The van der Waals surface area contributed by atoms with Gasteiger partial charge in [-0.3, -0.25) is 4.79 Å². The van der Waals surface area contributed by atoms with Gasteiger partial charge >= 0.3 is 0 Å². The number of ketones is 1. The zero-order chi connectivity index (χ0) is 15.7. The fourth-order valence-corrected chi connectivity index (χ4v) is 3.58. The van der Waals surface area contributed by atoms with E-state index in [0.717, 1.165) is 34.7 Å². The van der Waals surface area contributed by atoms with E-state index >= 15 is 0 Å². The molecule has 0 bridgehead atoms. The van der Waals surface area contributed by atoms with Crippen molar-refractivity contribution in [3.05, 3.63) is 28.8 Å². The number of ether oxygens (including phenoxy) is 1. The zero-order valence-electron chi connectivity index (χ0n) is 12.6. The Bertz CT molecular complexity index is 730. The molecule has 1 aliphatic heterocycles. The molecule has 0 amide bonds. The van der Waals surface area contributed by atoms with Crippen LogP contribution in [0.4, 0.5) is 5.69 Å². The Balaban J connectivity index is 2.33. The molecule has 2 heterocycles. The summed E-state index contributed by atoms with van der Waals surface area (Å²) in [5, 5.41) is 2.34. The minimum atomic E-state index is 0.0280. The van der Waals surface area contributed by atoms with Gasteiger partial charge in [0.15, 0.2) is 5.78 Å². The van der Waals surface area contributed by atoms with E-state index in [1.54, 1.807) is 6.92 Å². The van der Waals surface area contributed by atoms with Gasteiger partial charge in [-0.15, -0.1) is 11.8 Å². The number of Topliss-reactive ketones (excluding diaryl/α,β-unsaturated/α-hetero) is 1. The molecular weight excluding hydrogens is 320 g/mol. The van der Waals surface area contributed by atoms with Crippen LogP contribution in [0.25, 0.3) is 10.9 Å². The molecule has 0 radical (unpaired) electrons. The highest BCUT2D eigenvalue weighted by Crippen LogP contribution is 2.37. The summed E-state index contributed by atoms with van der Waals surface area (Å²) in [6.45, 7) is 4.45. The van der Waals surface area contributed by atoms with Crippen molar-refractivity contribution in [2.75, 3.05) is 37.5 Å². The summed E-state index contributed by atoms with van der Waals surface area (Å²) in [6, 6.07) is 5.63. The van der Waals surface area contributed by atoms with Crippen LogP contribution in [0, 0.1) is 0 Å². The number of thioether (sulfide) groups is 1. The third kappa shape index (κ3) is 2.81. The highest BCUT2D eigenvalue weighted by Gasteiger charge is 2.24. The number of carbonyl (C=O) groups excluding carboxylic acids is 1. The summed E-state index contributed by atoms with van der Waals surface area (Å²) in [6.07, 6.45) is 1.94. The van der Waals surface area contributed by atoms with Crippen LogP contribution in [0.15, 0.2) is 23.2 Å². The van der Waals surface area contributed by atoms with Crippen molar-refractivity contribution in [3.8, 4) is 0 Å². The molecule has 0 N–H and O–H groups in total. The maximum atomic E-state index is 12.3. The summed E-state index contributed by atoms with van der Waals surface area (Å²) in [7, 11) is 0. The lowest BCUT2D eigenvalue weighted by Crippen LogP contribution is -2.37. The van der Waals surface area contributed by atoms with Gasteiger partial charge in [0.1, 0.15) is 5.03 Å². The van der Waals surface area contributed by atoms with E-state index in [1.165, 1.54) is 11.8 Å². The van der Waals surface area contributed by atoms with Crippen LogP contribution in [-0.2, 0) is 4.74 Å². The fourth-order valence-electron chi connectivity index (χ4n) is 2.78. The topological polar surface area (TPSA) is 42.4 Å². The van der Waals surface area contributed by atoms with E-state index in [9.17, 15) is 4.79 Å². The molecule has 2 aromatic rings. The van der Waals surface area contributed by atoms with Crippen molar-refractivity contribution in [2.24, 2.45) is 0 Å². The highest BCUT2D eigenvalue weighted by atomic mass is 35.5. The van der Waals surface area contributed by atoms with Crippen molar-refractivity contribution in [1.82, 2.24) is 4.98 Å². The normalized spacial score (nSPS) is 15.3. The smallest absolute Gasteiger partial charge is 0.164 e. The first-order valence-electron chi connectivity index (χ1n) is 7.12. The Morgan fingerprint density at radius 3 is 2.73 bits per heavy atom. The van der Waals surface area contributed by atoms with Gasteiger partial charge in [0.25, 0.3) is 0 Å². The van der Waals surface area contributed by atoms with E-state index in [2.05, 4.69) is 9.88 Å². The third-order valence-electron chi connectivity index (χ3n) is 3.76. The molecule has 0 spiro atoms. The molecule has 1 aromatic heterocycles. The summed E-state index contributed by atoms with van der Waals surface area (Å²) in [4.78, 5) is 19.1. The number of pyridine rings is 1. The standard InChI is InChI=1S/C16H17ClN2O2S/c1-10(20)14-15(19-5-7-21-8-6-19)12-9-11(17)3-4-13(12)18-16(14)22-2/h3-4,9H,5-8H2,1-2H3. The number of aromatic nitrogens is 1. The number of rotatable bonds is 3. The summed E-state index contributed by atoms with van der Waals surface area (Å²) in [5.41, 5.74) is 2.48. The molecule has 1 aromatic carbocycles. The molecule has 1 aliphatic rings. The van der Waals surface area contributed by atoms with Gasteiger partial charge < -0.3 is 9.64 Å². The Morgan fingerprint density at radius 2 is 2.09 bits per heavy atom. The van der Waals surface area contributed by atoms with Gasteiger partial charge in [0, 0.05) is 23.5 Å². The number of fused-ring (bicyclic) bond motifs is 1. The van der Waals surface area contributed by atoms with E-state index in [4.69, 9.17) is 16.3 Å². The number of morpholine rings is 1. The van der Waals surface area contributed by atoms with Gasteiger partial charge in [-0.25, -0.2) is 4.98 Å². The molecule has 6 heteroatoms. The minimum Gasteiger partial charge on any atom is -0.378 e. The summed E-state index contributed by atoms with van der Waals surface area (Å²) >= 11 is 7.67. The Kier molecular flexibility index (Phi) is 4.57. The molecule has 116 valence electrons. The quantitative estimate of drug-likeness (QED) is 0.632. The molecule has 1 fully saturated rings. The van der Waals surface area contributed by atoms with Gasteiger partial charge in [-0.1, -0.05) is 11.6 Å². The van der Waals surface area contributed by atoms with Gasteiger partial charge in [0.05, 0.1) is 30.0 Å². The second-order valence-electron chi connectivity index (χ2n) is 5.16. The number of hydrogen-bond acceptors (Lipinski definition) is 5. The minimum absolute atomic E-state index is 0.0280. The van der Waals surface area contributed by atoms with Crippen LogP contribution in [0.2, 0.25) is 5.02 Å². The first-order chi connectivity index (χ1) is 10.6. The van der Waals surface area contributed by atoms with Crippen LogP contribution < -0.4 is 4.90 Å². The SMILES string of the molecule is CSc1nc2ccc(Cl)cc2c(N2CCOCC2)c1C(C)=O. The maximum Gasteiger partial charge on any atom is 0.164 e. The van der Waals surface area contributed by atoms with Crippen molar-refractivity contribution < 1.29 is 9.53 Å².